The van der Waals surface area contributed by atoms with Crippen LogP contribution in [0.3, 0.4) is 0 Å². The van der Waals surface area contributed by atoms with Crippen LogP contribution in [0.25, 0.3) is 0 Å². The maximum Gasteiger partial charge on any atom is 0.276 e. The predicted octanol–water partition coefficient (Wildman–Crippen LogP) is 1.97. The summed E-state index contributed by atoms with van der Waals surface area (Å²) in [5.74, 6) is -2.46. The van der Waals surface area contributed by atoms with Gasteiger partial charge < -0.3 is 14.2 Å². The minimum atomic E-state index is -0.937. The molecule has 27 heavy (non-hydrogen) atoms. The third kappa shape index (κ3) is 6.46. The van der Waals surface area contributed by atoms with E-state index < -0.39 is 30.1 Å². The van der Waals surface area contributed by atoms with Gasteiger partial charge >= 0.3 is 0 Å². The Kier molecular flexibility index (Phi) is 7.36. The summed E-state index contributed by atoms with van der Waals surface area (Å²) in [5, 5.41) is 0. The number of hydrogen-bond donors (Lipinski definition) is 2. The number of hydrogen-bond acceptors (Lipinski definition) is 5. The highest BCUT2D eigenvalue weighted by Gasteiger charge is 2.10. The maximum absolute atomic E-state index is 13.4. The van der Waals surface area contributed by atoms with Gasteiger partial charge in [0, 0.05) is 6.07 Å². The SMILES string of the molecule is CCOc1ccccc1OCC(=O)NNC(=O)COc1ccc(F)cc1F. The zero-order valence-corrected chi connectivity index (χ0v) is 14.5. The number of ether oxygens (including phenoxy) is 3. The third-order valence-corrected chi connectivity index (χ3v) is 3.10. The van der Waals surface area contributed by atoms with Gasteiger partial charge in [-0.25, -0.2) is 8.78 Å². The minimum absolute atomic E-state index is 0.284. The van der Waals surface area contributed by atoms with E-state index in [-0.39, 0.29) is 12.4 Å². The van der Waals surface area contributed by atoms with Crippen LogP contribution in [0.5, 0.6) is 17.2 Å². The number of amides is 2. The Morgan fingerprint density at radius 1 is 0.852 bits per heavy atom. The van der Waals surface area contributed by atoms with E-state index in [9.17, 15) is 18.4 Å². The third-order valence-electron chi connectivity index (χ3n) is 3.10. The van der Waals surface area contributed by atoms with E-state index in [2.05, 4.69) is 10.9 Å². The van der Waals surface area contributed by atoms with Crippen molar-refractivity contribution in [2.75, 3.05) is 19.8 Å². The lowest BCUT2D eigenvalue weighted by molar-refractivity contribution is -0.131. The molecule has 0 radical (unpaired) electrons. The quantitative estimate of drug-likeness (QED) is 0.684. The normalized spacial score (nSPS) is 10.0. The number of benzene rings is 2. The van der Waals surface area contributed by atoms with Gasteiger partial charge in [0.25, 0.3) is 11.8 Å². The largest absolute Gasteiger partial charge is 0.490 e. The van der Waals surface area contributed by atoms with Gasteiger partial charge in [0.1, 0.15) is 5.82 Å². The van der Waals surface area contributed by atoms with Crippen LogP contribution in [0, 0.1) is 11.6 Å². The molecule has 0 spiro atoms. The molecule has 0 heterocycles. The number of halogens is 2. The lowest BCUT2D eigenvalue weighted by atomic mass is 10.3. The van der Waals surface area contributed by atoms with Crippen LogP contribution < -0.4 is 25.1 Å². The molecule has 0 saturated heterocycles. The molecule has 2 amide bonds. The van der Waals surface area contributed by atoms with Gasteiger partial charge in [-0.05, 0) is 31.2 Å². The average Bonchev–Trinajstić information content (AvgIpc) is 2.65. The smallest absolute Gasteiger partial charge is 0.276 e. The predicted molar refractivity (Wildman–Crippen MR) is 91.2 cm³/mol. The fraction of sp³-hybridized carbons (Fsp3) is 0.222. The molecule has 0 aliphatic heterocycles. The molecule has 7 nitrogen and oxygen atoms in total. The molecule has 0 fully saturated rings. The van der Waals surface area contributed by atoms with E-state index in [1.807, 2.05) is 6.92 Å². The molecule has 2 aromatic rings. The van der Waals surface area contributed by atoms with Crippen LogP contribution in [0.2, 0.25) is 0 Å². The Morgan fingerprint density at radius 3 is 1.96 bits per heavy atom. The standard InChI is InChI=1S/C18H18F2N2O5/c1-2-25-15-5-3-4-6-16(15)27-11-18(24)22-21-17(23)10-26-14-8-7-12(19)9-13(14)20/h3-9H,2,10-11H2,1H3,(H,21,23)(H,22,24). The first-order chi connectivity index (χ1) is 13.0. The van der Waals surface area contributed by atoms with Crippen molar-refractivity contribution >= 4 is 11.8 Å². The molecule has 0 aromatic heterocycles. The molecule has 144 valence electrons. The number of hydrazine groups is 1. The zero-order valence-electron chi connectivity index (χ0n) is 14.5. The molecule has 0 unspecified atom stereocenters. The lowest BCUT2D eigenvalue weighted by Gasteiger charge is -2.12. The highest BCUT2D eigenvalue weighted by molar-refractivity contribution is 5.83. The topological polar surface area (TPSA) is 85.9 Å². The molecular weight excluding hydrogens is 362 g/mol. The summed E-state index contributed by atoms with van der Waals surface area (Å²) in [6, 6.07) is 9.51. The van der Waals surface area contributed by atoms with E-state index in [4.69, 9.17) is 14.2 Å². The van der Waals surface area contributed by atoms with Gasteiger partial charge in [-0.3, -0.25) is 20.4 Å². The van der Waals surface area contributed by atoms with Crippen molar-refractivity contribution < 1.29 is 32.6 Å². The summed E-state index contributed by atoms with van der Waals surface area (Å²) in [7, 11) is 0. The van der Waals surface area contributed by atoms with E-state index >= 15 is 0 Å². The summed E-state index contributed by atoms with van der Waals surface area (Å²) in [5.41, 5.74) is 4.21. The Labute approximate surface area is 154 Å². The van der Waals surface area contributed by atoms with E-state index in [1.165, 1.54) is 0 Å². The van der Waals surface area contributed by atoms with Gasteiger partial charge in [-0.2, -0.15) is 0 Å². The van der Waals surface area contributed by atoms with Crippen molar-refractivity contribution in [1.82, 2.24) is 10.9 Å². The second-order valence-corrected chi connectivity index (χ2v) is 5.13. The molecule has 2 N–H and O–H groups in total. The van der Waals surface area contributed by atoms with Crippen LogP contribution in [-0.4, -0.2) is 31.6 Å². The molecule has 0 aliphatic rings. The number of rotatable bonds is 8. The van der Waals surface area contributed by atoms with Gasteiger partial charge in [0.05, 0.1) is 6.61 Å². The summed E-state index contributed by atoms with van der Waals surface area (Å²) < 4.78 is 41.7. The average molecular weight is 380 g/mol. The van der Waals surface area contributed by atoms with Gasteiger partial charge in [0.15, 0.2) is 36.3 Å². The Bertz CT molecular complexity index is 801. The lowest BCUT2D eigenvalue weighted by Crippen LogP contribution is -2.45. The van der Waals surface area contributed by atoms with Gasteiger partial charge in [0.2, 0.25) is 0 Å². The first-order valence-electron chi connectivity index (χ1n) is 7.99. The van der Waals surface area contributed by atoms with Crippen molar-refractivity contribution in [3.63, 3.8) is 0 Å². The number of carbonyl (C=O) groups is 2. The van der Waals surface area contributed by atoms with Crippen LogP contribution in [0.1, 0.15) is 6.92 Å². The van der Waals surface area contributed by atoms with Crippen molar-refractivity contribution in [2.45, 2.75) is 6.92 Å². The molecular formula is C18H18F2N2O5. The number of nitrogens with one attached hydrogen (secondary N) is 2. The number of carbonyl (C=O) groups excluding carboxylic acids is 2. The van der Waals surface area contributed by atoms with Crippen LogP contribution in [0.4, 0.5) is 8.78 Å². The molecule has 0 aliphatic carbocycles. The summed E-state index contributed by atoms with van der Waals surface area (Å²) in [6.45, 7) is 1.32. The van der Waals surface area contributed by atoms with E-state index in [1.54, 1.807) is 24.3 Å². The molecule has 2 aromatic carbocycles. The summed E-state index contributed by atoms with van der Waals surface area (Å²) in [4.78, 5) is 23.3. The Morgan fingerprint density at radius 2 is 1.41 bits per heavy atom. The molecule has 9 heteroatoms. The minimum Gasteiger partial charge on any atom is -0.490 e. The molecule has 0 atom stereocenters. The van der Waals surface area contributed by atoms with E-state index in [0.717, 1.165) is 12.1 Å². The second-order valence-electron chi connectivity index (χ2n) is 5.13. The maximum atomic E-state index is 13.4. The van der Waals surface area contributed by atoms with Crippen molar-refractivity contribution in [2.24, 2.45) is 0 Å². The molecule has 0 bridgehead atoms. The fourth-order valence-electron chi connectivity index (χ4n) is 1.93. The van der Waals surface area contributed by atoms with Gasteiger partial charge in [-0.1, -0.05) is 12.1 Å². The second kappa shape index (κ2) is 9.95. The van der Waals surface area contributed by atoms with E-state index in [0.29, 0.717) is 24.2 Å². The summed E-state index contributed by atoms with van der Waals surface area (Å²) in [6.07, 6.45) is 0. The molecule has 0 saturated carbocycles. The first kappa shape index (κ1) is 20.0. The van der Waals surface area contributed by atoms with Gasteiger partial charge in [-0.15, -0.1) is 0 Å². The Balaban J connectivity index is 1.73. The highest BCUT2D eigenvalue weighted by Crippen LogP contribution is 2.26. The van der Waals surface area contributed by atoms with Crippen LogP contribution in [0.15, 0.2) is 42.5 Å². The highest BCUT2D eigenvalue weighted by atomic mass is 19.1. The summed E-state index contributed by atoms with van der Waals surface area (Å²) >= 11 is 0. The van der Waals surface area contributed by atoms with Crippen molar-refractivity contribution in [3.8, 4) is 17.2 Å². The zero-order chi connectivity index (χ0) is 19.6. The number of para-hydroxylation sites is 2. The monoisotopic (exact) mass is 380 g/mol. The van der Waals surface area contributed by atoms with Crippen LogP contribution in [-0.2, 0) is 9.59 Å². The fourth-order valence-corrected chi connectivity index (χ4v) is 1.93. The van der Waals surface area contributed by atoms with Crippen molar-refractivity contribution in [1.29, 1.82) is 0 Å². The molecule has 2 rings (SSSR count). The first-order valence-corrected chi connectivity index (χ1v) is 7.99. The van der Waals surface area contributed by atoms with Crippen LogP contribution >= 0.6 is 0 Å². The Hall–Kier alpha value is -3.36. The van der Waals surface area contributed by atoms with Crippen molar-refractivity contribution in [3.05, 3.63) is 54.1 Å².